The van der Waals surface area contributed by atoms with E-state index < -0.39 is 0 Å². The van der Waals surface area contributed by atoms with E-state index in [1.165, 1.54) is 0 Å². The van der Waals surface area contributed by atoms with E-state index >= 15 is 0 Å². The zero-order chi connectivity index (χ0) is 11.1. The summed E-state index contributed by atoms with van der Waals surface area (Å²) in [6.45, 7) is 0.422. The topological polar surface area (TPSA) is 40.5 Å². The van der Waals surface area contributed by atoms with Crippen LogP contribution in [0.2, 0.25) is 0 Å². The van der Waals surface area contributed by atoms with Crippen molar-refractivity contribution in [1.82, 2.24) is 4.57 Å². The lowest BCUT2D eigenvalue weighted by atomic mass is 10.2. The van der Waals surface area contributed by atoms with Gasteiger partial charge in [-0.3, -0.25) is 0 Å². The molecule has 1 aliphatic heterocycles. The molecule has 1 aliphatic rings. The van der Waals surface area contributed by atoms with E-state index in [4.69, 9.17) is 9.47 Å². The molecule has 3 rings (SSSR count). The van der Waals surface area contributed by atoms with Crippen molar-refractivity contribution in [2.45, 2.75) is 6.42 Å². The molecule has 0 radical (unpaired) electrons. The quantitative estimate of drug-likeness (QED) is 0.735. The molecule has 2 heterocycles. The van der Waals surface area contributed by atoms with Crippen LogP contribution in [0.25, 0.3) is 10.9 Å². The maximum Gasteiger partial charge on any atom is 0.418 e. The van der Waals surface area contributed by atoms with Crippen molar-refractivity contribution in [3.63, 3.8) is 0 Å². The Kier molecular flexibility index (Phi) is 1.89. The van der Waals surface area contributed by atoms with Crippen molar-refractivity contribution in [3.05, 3.63) is 30.0 Å². The molecule has 1 aromatic carbocycles. The van der Waals surface area contributed by atoms with Gasteiger partial charge in [0.15, 0.2) is 0 Å². The van der Waals surface area contributed by atoms with Gasteiger partial charge < -0.3 is 9.47 Å². The molecule has 0 atom stereocenters. The van der Waals surface area contributed by atoms with Gasteiger partial charge in [0.25, 0.3) is 0 Å². The third-order valence-corrected chi connectivity index (χ3v) is 2.87. The standard InChI is InChI=1S/C12H11NO3/c1-15-11-8-4-2-3-5-9(8)13-10(11)6-7-16-12(13)14/h2-5H,6-7H2,1H3. The number of methoxy groups -OCH3 is 1. The van der Waals surface area contributed by atoms with E-state index in [1.54, 1.807) is 11.7 Å². The first kappa shape index (κ1) is 9.27. The molecule has 4 heteroatoms. The Labute approximate surface area is 92.4 Å². The van der Waals surface area contributed by atoms with Gasteiger partial charge in [-0.15, -0.1) is 0 Å². The number of carbonyl (C=O) groups excluding carboxylic acids is 1. The number of para-hydroxylation sites is 1. The summed E-state index contributed by atoms with van der Waals surface area (Å²) in [5.74, 6) is 0.784. The van der Waals surface area contributed by atoms with E-state index in [9.17, 15) is 4.79 Å². The van der Waals surface area contributed by atoms with E-state index in [0.29, 0.717) is 13.0 Å². The number of carbonyl (C=O) groups is 1. The molecule has 0 fully saturated rings. The summed E-state index contributed by atoms with van der Waals surface area (Å²) < 4.78 is 12.0. The van der Waals surface area contributed by atoms with Gasteiger partial charge in [0, 0.05) is 11.8 Å². The van der Waals surface area contributed by atoms with Crippen LogP contribution in [-0.4, -0.2) is 24.4 Å². The van der Waals surface area contributed by atoms with Gasteiger partial charge in [-0.2, -0.15) is 0 Å². The fraction of sp³-hybridized carbons (Fsp3) is 0.250. The number of nitrogens with zero attached hydrogens (tertiary/aromatic N) is 1. The van der Waals surface area contributed by atoms with Gasteiger partial charge in [0.2, 0.25) is 0 Å². The lowest BCUT2D eigenvalue weighted by Crippen LogP contribution is -2.23. The highest BCUT2D eigenvalue weighted by Gasteiger charge is 2.25. The van der Waals surface area contributed by atoms with Gasteiger partial charge in [0.1, 0.15) is 5.75 Å². The molecule has 0 bridgehead atoms. The number of ether oxygens (including phenoxy) is 2. The summed E-state index contributed by atoms with van der Waals surface area (Å²) in [6.07, 6.45) is 0.379. The zero-order valence-electron chi connectivity index (χ0n) is 8.90. The van der Waals surface area contributed by atoms with Crippen LogP contribution in [0, 0.1) is 0 Å². The van der Waals surface area contributed by atoms with Crippen molar-refractivity contribution in [2.75, 3.05) is 13.7 Å². The Bertz CT molecular complexity index is 571. The molecule has 0 amide bonds. The van der Waals surface area contributed by atoms with Crippen LogP contribution < -0.4 is 4.74 Å². The van der Waals surface area contributed by atoms with Crippen LogP contribution in [0.1, 0.15) is 5.69 Å². The fourth-order valence-corrected chi connectivity index (χ4v) is 2.22. The smallest absolute Gasteiger partial charge is 0.418 e. The highest BCUT2D eigenvalue weighted by atomic mass is 16.6. The van der Waals surface area contributed by atoms with Gasteiger partial charge in [-0.25, -0.2) is 9.36 Å². The fourth-order valence-electron chi connectivity index (χ4n) is 2.22. The van der Waals surface area contributed by atoms with Gasteiger partial charge in [-0.05, 0) is 12.1 Å². The van der Waals surface area contributed by atoms with E-state index in [-0.39, 0.29) is 6.09 Å². The van der Waals surface area contributed by atoms with Crippen LogP contribution in [-0.2, 0) is 11.2 Å². The van der Waals surface area contributed by atoms with Crippen LogP contribution in [0.3, 0.4) is 0 Å². The molecule has 0 spiro atoms. The Morgan fingerprint density at radius 1 is 1.38 bits per heavy atom. The minimum atomic E-state index is -0.319. The number of fused-ring (bicyclic) bond motifs is 3. The number of rotatable bonds is 1. The summed E-state index contributed by atoms with van der Waals surface area (Å²) in [6, 6.07) is 7.68. The Hall–Kier alpha value is -1.97. The van der Waals surface area contributed by atoms with E-state index in [0.717, 1.165) is 22.3 Å². The first-order valence-electron chi connectivity index (χ1n) is 5.16. The second kappa shape index (κ2) is 3.27. The molecule has 0 N–H and O–H groups in total. The molecule has 1 aromatic heterocycles. The second-order valence-electron chi connectivity index (χ2n) is 3.70. The zero-order valence-corrected chi connectivity index (χ0v) is 8.90. The highest BCUT2D eigenvalue weighted by molar-refractivity contribution is 5.96. The normalized spacial score (nSPS) is 14.7. The van der Waals surface area contributed by atoms with Gasteiger partial charge in [-0.1, -0.05) is 12.1 Å². The van der Waals surface area contributed by atoms with E-state index in [2.05, 4.69) is 0 Å². The van der Waals surface area contributed by atoms with Crippen molar-refractivity contribution in [2.24, 2.45) is 0 Å². The molecule has 2 aromatic rings. The monoisotopic (exact) mass is 217 g/mol. The lowest BCUT2D eigenvalue weighted by Gasteiger charge is -2.15. The summed E-state index contributed by atoms with van der Waals surface area (Å²) in [5.41, 5.74) is 1.75. The predicted octanol–water partition coefficient (Wildman–Crippen LogP) is 2.19. The minimum Gasteiger partial charge on any atom is -0.494 e. The van der Waals surface area contributed by atoms with E-state index in [1.807, 2.05) is 24.3 Å². The molecule has 16 heavy (non-hydrogen) atoms. The number of hydrogen-bond acceptors (Lipinski definition) is 3. The van der Waals surface area contributed by atoms with Gasteiger partial charge >= 0.3 is 6.09 Å². The van der Waals surface area contributed by atoms with Crippen molar-refractivity contribution >= 4 is 17.0 Å². The average Bonchev–Trinajstić information content (AvgIpc) is 2.64. The summed E-state index contributed by atoms with van der Waals surface area (Å²) in [7, 11) is 1.63. The summed E-state index contributed by atoms with van der Waals surface area (Å²) in [4.78, 5) is 11.7. The van der Waals surface area contributed by atoms with Crippen molar-refractivity contribution in [1.29, 1.82) is 0 Å². The van der Waals surface area contributed by atoms with Crippen molar-refractivity contribution in [3.8, 4) is 5.75 Å². The first-order chi connectivity index (χ1) is 7.83. The Morgan fingerprint density at radius 3 is 3.00 bits per heavy atom. The molecule has 0 saturated heterocycles. The second-order valence-corrected chi connectivity index (χ2v) is 3.70. The molecule has 0 unspecified atom stereocenters. The largest absolute Gasteiger partial charge is 0.494 e. The first-order valence-corrected chi connectivity index (χ1v) is 5.16. The maximum absolute atomic E-state index is 11.7. The van der Waals surface area contributed by atoms with Gasteiger partial charge in [0.05, 0.1) is 24.9 Å². The molecule has 0 saturated carbocycles. The van der Waals surface area contributed by atoms with Crippen LogP contribution in [0.4, 0.5) is 4.79 Å². The SMILES string of the molecule is COc1c2n(c3ccccc13)C(=O)OCC2. The van der Waals surface area contributed by atoms with Crippen molar-refractivity contribution < 1.29 is 14.3 Å². The average molecular weight is 217 g/mol. The molecule has 82 valence electrons. The summed E-state index contributed by atoms with van der Waals surface area (Å²) >= 11 is 0. The minimum absolute atomic E-state index is 0.319. The molecular weight excluding hydrogens is 206 g/mol. The number of cyclic esters (lactones) is 1. The third-order valence-electron chi connectivity index (χ3n) is 2.87. The number of aromatic nitrogens is 1. The predicted molar refractivity (Wildman–Crippen MR) is 58.9 cm³/mol. The maximum atomic E-state index is 11.7. The number of hydrogen-bond donors (Lipinski definition) is 0. The molecule has 4 nitrogen and oxygen atoms in total. The van der Waals surface area contributed by atoms with Crippen LogP contribution in [0.15, 0.2) is 24.3 Å². The number of benzene rings is 1. The Balaban J connectivity index is 2.43. The molecule has 0 aliphatic carbocycles. The van der Waals surface area contributed by atoms with Crippen LogP contribution >= 0.6 is 0 Å². The Morgan fingerprint density at radius 2 is 2.19 bits per heavy atom. The lowest BCUT2D eigenvalue weighted by molar-refractivity contribution is 0.138. The molecular formula is C12H11NO3. The summed E-state index contributed by atoms with van der Waals surface area (Å²) in [5, 5.41) is 0.957. The third kappa shape index (κ3) is 1.07. The highest BCUT2D eigenvalue weighted by Crippen LogP contribution is 2.34. The van der Waals surface area contributed by atoms with Crippen LogP contribution in [0.5, 0.6) is 5.75 Å².